The first-order valence-electron chi connectivity index (χ1n) is 11.9. The van der Waals surface area contributed by atoms with E-state index in [0.717, 1.165) is 47.2 Å². The lowest BCUT2D eigenvalue weighted by atomic mass is 10.0. The number of hydrogen-bond donors (Lipinski definition) is 0. The predicted octanol–water partition coefficient (Wildman–Crippen LogP) is 9.67. The minimum Gasteiger partial charge on any atom is -0.203 e. The molecule has 3 aromatic heterocycles. The Morgan fingerprint density at radius 2 is 1.12 bits per heavy atom. The number of aromatic nitrogens is 2. The van der Waals surface area contributed by atoms with Crippen molar-refractivity contribution >= 4 is 45.4 Å². The highest BCUT2D eigenvalue weighted by atomic mass is 32.1. The summed E-state index contributed by atoms with van der Waals surface area (Å²) in [4.78, 5) is 1.45. The normalized spacial score (nSPS) is 11.6. The van der Waals surface area contributed by atoms with Gasteiger partial charge in [0.05, 0.1) is 22.9 Å². The molecule has 0 saturated heterocycles. The molecule has 0 radical (unpaired) electrons. The molecule has 0 aliphatic heterocycles. The Bertz CT molecular complexity index is 1100. The van der Waals surface area contributed by atoms with Crippen LogP contribution >= 0.6 is 34.4 Å². The molecule has 0 amide bonds. The van der Waals surface area contributed by atoms with Crippen LogP contribution < -0.4 is 0 Å². The van der Waals surface area contributed by atoms with E-state index < -0.39 is 11.6 Å². The molecule has 176 valence electrons. The van der Waals surface area contributed by atoms with Crippen LogP contribution in [0.2, 0.25) is 0 Å². The Hall–Kier alpha value is -1.70. The lowest BCUT2D eigenvalue weighted by molar-refractivity contribution is 0.516. The molecule has 3 heterocycles. The van der Waals surface area contributed by atoms with E-state index in [0.29, 0.717) is 11.0 Å². The van der Waals surface area contributed by atoms with Crippen LogP contribution in [0.1, 0.15) is 76.3 Å². The number of nitrogens with zero attached hydrogens (tertiary/aromatic N) is 2. The molecule has 0 aliphatic carbocycles. The molecular weight excluding hydrogens is 474 g/mol. The van der Waals surface area contributed by atoms with Crippen LogP contribution in [0.15, 0.2) is 22.9 Å². The fourth-order valence-corrected chi connectivity index (χ4v) is 6.72. The quantitative estimate of drug-likeness (QED) is 0.179. The molecule has 4 rings (SSSR count). The fourth-order valence-electron chi connectivity index (χ4n) is 4.18. The minimum atomic E-state index is -0.817. The Kier molecular flexibility index (Phi) is 8.61. The topological polar surface area (TPSA) is 25.8 Å². The van der Waals surface area contributed by atoms with E-state index in [-0.39, 0.29) is 11.1 Å². The van der Waals surface area contributed by atoms with E-state index in [9.17, 15) is 0 Å². The smallest absolute Gasteiger partial charge is 0.170 e. The maximum absolute atomic E-state index is 15.5. The largest absolute Gasteiger partial charge is 0.203 e. The fraction of sp³-hybridized carbons (Fsp3) is 0.462. The van der Waals surface area contributed by atoms with Gasteiger partial charge in [-0.05, 0) is 59.7 Å². The van der Waals surface area contributed by atoms with E-state index in [4.69, 9.17) is 0 Å². The van der Waals surface area contributed by atoms with Gasteiger partial charge in [-0.2, -0.15) is 8.75 Å². The van der Waals surface area contributed by atoms with Gasteiger partial charge in [0.1, 0.15) is 11.0 Å². The molecule has 0 fully saturated rings. The van der Waals surface area contributed by atoms with E-state index in [2.05, 4.69) is 33.4 Å². The number of rotatable bonds is 12. The first-order chi connectivity index (χ1) is 16.1. The van der Waals surface area contributed by atoms with Crippen molar-refractivity contribution in [3.8, 4) is 20.9 Å². The Balaban J connectivity index is 1.63. The lowest BCUT2D eigenvalue weighted by Gasteiger charge is -2.08. The second-order valence-electron chi connectivity index (χ2n) is 8.60. The van der Waals surface area contributed by atoms with E-state index in [1.54, 1.807) is 0 Å². The van der Waals surface area contributed by atoms with Gasteiger partial charge in [-0.15, -0.1) is 22.7 Å². The summed E-state index contributed by atoms with van der Waals surface area (Å²) in [6, 6.07) is 3.99. The molecule has 0 unspecified atom stereocenters. The molecule has 0 bridgehead atoms. The highest BCUT2D eigenvalue weighted by Gasteiger charge is 2.26. The van der Waals surface area contributed by atoms with Crippen LogP contribution in [-0.2, 0) is 12.8 Å². The van der Waals surface area contributed by atoms with Gasteiger partial charge in [-0.1, -0.05) is 52.4 Å². The number of halogens is 2. The van der Waals surface area contributed by atoms with Gasteiger partial charge in [0.25, 0.3) is 0 Å². The van der Waals surface area contributed by atoms with Crippen molar-refractivity contribution in [2.24, 2.45) is 0 Å². The Labute approximate surface area is 207 Å². The molecule has 1 aromatic carbocycles. The first kappa shape index (κ1) is 24.4. The number of hydrogen-bond acceptors (Lipinski definition) is 5. The average Bonchev–Trinajstić information content (AvgIpc) is 3.57. The third-order valence-electron chi connectivity index (χ3n) is 6.03. The summed E-state index contributed by atoms with van der Waals surface area (Å²) in [7, 11) is 0. The number of aryl methyl sites for hydroxylation is 2. The van der Waals surface area contributed by atoms with Gasteiger partial charge in [0, 0.05) is 9.75 Å². The first-order valence-corrected chi connectivity index (χ1v) is 14.4. The number of unbranched alkanes of at least 4 members (excludes halogenated alkanes) is 6. The second-order valence-corrected chi connectivity index (χ2v) is 11.0. The van der Waals surface area contributed by atoms with E-state index in [1.165, 1.54) is 72.3 Å². The summed E-state index contributed by atoms with van der Waals surface area (Å²) in [5.41, 5.74) is 3.79. The zero-order chi connectivity index (χ0) is 23.2. The molecular formula is C26H30F2N2S3. The maximum atomic E-state index is 15.5. The van der Waals surface area contributed by atoms with Crippen molar-refractivity contribution in [2.45, 2.75) is 78.1 Å². The number of fused-ring (bicyclic) bond motifs is 1. The van der Waals surface area contributed by atoms with Crippen LogP contribution in [0.4, 0.5) is 8.78 Å². The summed E-state index contributed by atoms with van der Waals surface area (Å²) < 4.78 is 39.7. The highest BCUT2D eigenvalue weighted by Crippen LogP contribution is 2.43. The third kappa shape index (κ3) is 5.52. The SMILES string of the molecule is CCCCCCc1csc(-c2c(F)c(F)c(-c3cc(CCCCCC)cs3)c3nsnc23)c1. The molecule has 0 N–H and O–H groups in total. The lowest BCUT2D eigenvalue weighted by Crippen LogP contribution is -1.95. The molecule has 0 atom stereocenters. The highest BCUT2D eigenvalue weighted by molar-refractivity contribution is 7.14. The average molecular weight is 505 g/mol. The van der Waals surface area contributed by atoms with Gasteiger partial charge < -0.3 is 0 Å². The Morgan fingerprint density at radius 3 is 1.55 bits per heavy atom. The van der Waals surface area contributed by atoms with Gasteiger partial charge >= 0.3 is 0 Å². The molecule has 0 saturated carbocycles. The van der Waals surface area contributed by atoms with Crippen molar-refractivity contribution < 1.29 is 8.78 Å². The zero-order valence-corrected chi connectivity index (χ0v) is 21.7. The molecule has 33 heavy (non-hydrogen) atoms. The summed E-state index contributed by atoms with van der Waals surface area (Å²) in [5.74, 6) is -1.63. The maximum Gasteiger partial charge on any atom is 0.170 e. The van der Waals surface area contributed by atoms with Crippen LogP contribution in [0.25, 0.3) is 31.9 Å². The van der Waals surface area contributed by atoms with Crippen molar-refractivity contribution in [2.75, 3.05) is 0 Å². The van der Waals surface area contributed by atoms with Gasteiger partial charge in [-0.3, -0.25) is 0 Å². The monoisotopic (exact) mass is 504 g/mol. The van der Waals surface area contributed by atoms with Gasteiger partial charge in [0.15, 0.2) is 11.6 Å². The van der Waals surface area contributed by atoms with Crippen molar-refractivity contribution in [1.82, 2.24) is 8.75 Å². The van der Waals surface area contributed by atoms with Crippen LogP contribution in [0.3, 0.4) is 0 Å². The summed E-state index contributed by atoms with van der Waals surface area (Å²) in [6.45, 7) is 4.39. The van der Waals surface area contributed by atoms with E-state index >= 15 is 8.78 Å². The van der Waals surface area contributed by atoms with Crippen LogP contribution in [-0.4, -0.2) is 8.75 Å². The standard InChI is InChI=1S/C26H30F2N2S3/c1-3-5-7-9-11-17-13-19(31-15-17)21-23(27)24(28)22(26-25(21)29-33-30-26)20-14-18(16-32-20)12-10-8-6-4-2/h13-16H,3-12H2,1-2H3. The van der Waals surface area contributed by atoms with Crippen molar-refractivity contribution in [3.05, 3.63) is 45.7 Å². The molecule has 2 nitrogen and oxygen atoms in total. The summed E-state index contributed by atoms with van der Waals surface area (Å²) in [6.07, 6.45) is 11.4. The van der Waals surface area contributed by atoms with Crippen LogP contribution in [0, 0.1) is 11.6 Å². The predicted molar refractivity (Wildman–Crippen MR) is 140 cm³/mol. The zero-order valence-electron chi connectivity index (χ0n) is 19.3. The van der Waals surface area contributed by atoms with Crippen molar-refractivity contribution in [3.63, 3.8) is 0 Å². The van der Waals surface area contributed by atoms with Gasteiger partial charge in [0.2, 0.25) is 0 Å². The van der Waals surface area contributed by atoms with E-state index in [1.807, 2.05) is 12.1 Å². The van der Waals surface area contributed by atoms with Gasteiger partial charge in [-0.25, -0.2) is 8.78 Å². The second kappa shape index (κ2) is 11.6. The molecule has 0 spiro atoms. The molecule has 7 heteroatoms. The number of benzene rings is 1. The summed E-state index contributed by atoms with van der Waals surface area (Å²) >= 11 is 3.93. The Morgan fingerprint density at radius 1 is 0.667 bits per heavy atom. The molecule has 0 aliphatic rings. The summed E-state index contributed by atoms with van der Waals surface area (Å²) in [5, 5.41) is 4.12. The van der Waals surface area contributed by atoms with Crippen molar-refractivity contribution in [1.29, 1.82) is 0 Å². The minimum absolute atomic E-state index is 0.251. The third-order valence-corrected chi connectivity index (χ3v) is 8.55. The molecule has 4 aromatic rings. The number of thiophene rings is 2. The van der Waals surface area contributed by atoms with Crippen LogP contribution in [0.5, 0.6) is 0 Å².